The van der Waals surface area contributed by atoms with Gasteiger partial charge >= 0.3 is 15.2 Å². The van der Waals surface area contributed by atoms with E-state index in [4.69, 9.17) is 22.8 Å². The van der Waals surface area contributed by atoms with Gasteiger partial charge in [-0.3, -0.25) is 14.0 Å². The van der Waals surface area contributed by atoms with Crippen LogP contribution >= 0.6 is 15.2 Å². The Morgan fingerprint density at radius 2 is 1.04 bits per heavy atom. The molecule has 0 atom stereocenters. The second-order valence-electron chi connectivity index (χ2n) is 5.17. The highest BCUT2D eigenvalue weighted by atomic mass is 31.2. The Kier molecular flexibility index (Phi) is 14.4. The average molecular weight is 403 g/mol. The van der Waals surface area contributed by atoms with Gasteiger partial charge in [0.1, 0.15) is 0 Å². The van der Waals surface area contributed by atoms with Crippen molar-refractivity contribution < 1.29 is 32.0 Å². The van der Waals surface area contributed by atoms with E-state index >= 15 is 0 Å². The molecule has 0 spiro atoms. The van der Waals surface area contributed by atoms with Gasteiger partial charge < -0.3 is 22.8 Å². The molecule has 10 heteroatoms. The van der Waals surface area contributed by atoms with Crippen molar-refractivity contribution in [2.75, 3.05) is 72.1 Å². The van der Waals surface area contributed by atoms with E-state index in [0.717, 1.165) is 0 Å². The molecule has 0 aromatic rings. The molecule has 0 saturated heterocycles. The normalized spacial score (nSPS) is 12.9. The Bertz CT molecular complexity index is 369. The number of hydrogen-bond acceptors (Lipinski definition) is 8. The third-order valence-corrected chi connectivity index (χ3v) is 7.40. The van der Waals surface area contributed by atoms with Crippen LogP contribution in [-0.2, 0) is 32.0 Å². The van der Waals surface area contributed by atoms with E-state index in [2.05, 4.69) is 0 Å². The molecular weight excluding hydrogens is 368 g/mol. The van der Waals surface area contributed by atoms with Crippen molar-refractivity contribution in [3.05, 3.63) is 0 Å². The molecule has 0 aliphatic carbocycles. The van der Waals surface area contributed by atoms with E-state index in [1.165, 1.54) is 0 Å². The van der Waals surface area contributed by atoms with Crippen LogP contribution in [0.3, 0.4) is 0 Å². The van der Waals surface area contributed by atoms with Gasteiger partial charge in [0, 0.05) is 26.7 Å². The molecule has 0 saturated carbocycles. The zero-order valence-electron chi connectivity index (χ0n) is 16.3. The smallest absolute Gasteiger partial charge is 0.331 e. The van der Waals surface area contributed by atoms with Crippen molar-refractivity contribution in [3.8, 4) is 0 Å². The summed E-state index contributed by atoms with van der Waals surface area (Å²) in [5, 5.41) is 0. The highest BCUT2D eigenvalue weighted by Gasteiger charge is 2.27. The van der Waals surface area contributed by atoms with Crippen LogP contribution in [0.5, 0.6) is 0 Å². The first-order valence-corrected chi connectivity index (χ1v) is 12.3. The molecule has 0 aliphatic heterocycles. The Morgan fingerprint density at radius 3 is 1.32 bits per heavy atom. The second-order valence-corrected chi connectivity index (χ2v) is 9.55. The molecule has 0 fully saturated rings. The van der Waals surface area contributed by atoms with Crippen molar-refractivity contribution in [3.63, 3.8) is 0 Å². The van der Waals surface area contributed by atoms with E-state index in [1.807, 2.05) is 4.90 Å². The Labute approximate surface area is 152 Å². The summed E-state index contributed by atoms with van der Waals surface area (Å²) in [7, 11) is -4.60. The zero-order chi connectivity index (χ0) is 19.2. The summed E-state index contributed by atoms with van der Waals surface area (Å²) in [5.74, 6) is 0. The summed E-state index contributed by atoms with van der Waals surface area (Å²) in [4.78, 5) is 2.01. The minimum absolute atomic E-state index is 0.270. The predicted octanol–water partition coefficient (Wildman–Crippen LogP) is 3.47. The van der Waals surface area contributed by atoms with Crippen LogP contribution in [0.2, 0.25) is 0 Å². The molecule has 0 amide bonds. The van der Waals surface area contributed by atoms with E-state index in [9.17, 15) is 9.13 Å². The standard InChI is InChI=1S/C15H35NO7P2/c1-6-20-24(17,21-7-2)14-11-16(10-13-19-5)12-15-25(18,22-8-3)23-9-4/h6-15H2,1-5H3. The van der Waals surface area contributed by atoms with Gasteiger partial charge in [-0.15, -0.1) is 0 Å². The van der Waals surface area contributed by atoms with Gasteiger partial charge in [0.2, 0.25) is 0 Å². The van der Waals surface area contributed by atoms with Crippen LogP contribution < -0.4 is 0 Å². The Balaban J connectivity index is 4.77. The fourth-order valence-corrected chi connectivity index (χ4v) is 5.50. The van der Waals surface area contributed by atoms with E-state index in [-0.39, 0.29) is 12.3 Å². The van der Waals surface area contributed by atoms with E-state index in [1.54, 1.807) is 34.8 Å². The Hall–Kier alpha value is 0.220. The van der Waals surface area contributed by atoms with Crippen LogP contribution in [0, 0.1) is 0 Å². The molecule has 0 unspecified atom stereocenters. The van der Waals surface area contributed by atoms with Gasteiger partial charge in [-0.1, -0.05) is 0 Å². The quantitative estimate of drug-likeness (QED) is 0.342. The molecule has 25 heavy (non-hydrogen) atoms. The first-order valence-electron chi connectivity index (χ1n) is 8.86. The molecule has 0 aliphatic rings. The van der Waals surface area contributed by atoms with Crippen molar-refractivity contribution in [2.45, 2.75) is 27.7 Å². The van der Waals surface area contributed by atoms with Gasteiger partial charge in [-0.05, 0) is 27.7 Å². The predicted molar refractivity (Wildman–Crippen MR) is 99.8 cm³/mol. The first kappa shape index (κ1) is 25.2. The number of ether oxygens (including phenoxy) is 1. The minimum atomic E-state index is -3.11. The summed E-state index contributed by atoms with van der Waals surface area (Å²) in [6.07, 6.45) is 0.540. The van der Waals surface area contributed by atoms with Crippen LogP contribution in [0.15, 0.2) is 0 Å². The van der Waals surface area contributed by atoms with Gasteiger partial charge in [0.05, 0.1) is 45.4 Å². The van der Waals surface area contributed by atoms with Gasteiger partial charge in [-0.2, -0.15) is 0 Å². The third kappa shape index (κ3) is 11.5. The second kappa shape index (κ2) is 14.3. The molecule has 8 nitrogen and oxygen atoms in total. The fourth-order valence-electron chi connectivity index (χ4n) is 2.20. The maximum Gasteiger partial charge on any atom is 0.331 e. The largest absolute Gasteiger partial charge is 0.383 e. The lowest BCUT2D eigenvalue weighted by atomic mass is 10.5. The third-order valence-electron chi connectivity index (χ3n) is 3.30. The molecule has 0 rings (SSSR count). The van der Waals surface area contributed by atoms with Gasteiger partial charge in [0.25, 0.3) is 0 Å². The van der Waals surface area contributed by atoms with E-state index in [0.29, 0.717) is 52.7 Å². The number of methoxy groups -OCH3 is 1. The van der Waals surface area contributed by atoms with Crippen molar-refractivity contribution in [2.24, 2.45) is 0 Å². The minimum Gasteiger partial charge on any atom is -0.383 e. The lowest BCUT2D eigenvalue weighted by Gasteiger charge is -2.26. The molecule has 0 aromatic carbocycles. The van der Waals surface area contributed by atoms with Crippen LogP contribution in [0.1, 0.15) is 27.7 Å². The van der Waals surface area contributed by atoms with Crippen molar-refractivity contribution in [1.82, 2.24) is 4.90 Å². The monoisotopic (exact) mass is 403 g/mol. The number of nitrogens with zero attached hydrogens (tertiary/aromatic N) is 1. The highest BCUT2D eigenvalue weighted by molar-refractivity contribution is 7.54. The Morgan fingerprint density at radius 1 is 0.680 bits per heavy atom. The molecular formula is C15H35NO7P2. The molecule has 0 bridgehead atoms. The summed E-state index contributed by atoms with van der Waals surface area (Å²) < 4.78 is 51.6. The fraction of sp³-hybridized carbons (Fsp3) is 1.00. The van der Waals surface area contributed by atoms with Crippen LogP contribution in [0.4, 0.5) is 0 Å². The highest BCUT2D eigenvalue weighted by Crippen LogP contribution is 2.49. The van der Waals surface area contributed by atoms with Crippen LogP contribution in [0.25, 0.3) is 0 Å². The maximum atomic E-state index is 12.6. The van der Waals surface area contributed by atoms with Crippen LogP contribution in [-0.4, -0.2) is 77.0 Å². The van der Waals surface area contributed by atoms with E-state index < -0.39 is 15.2 Å². The first-order chi connectivity index (χ1) is 11.9. The average Bonchev–Trinajstić information content (AvgIpc) is 2.55. The summed E-state index contributed by atoms with van der Waals surface area (Å²) in [6, 6.07) is 0. The molecule has 0 aromatic heterocycles. The number of hydrogen-bond donors (Lipinski definition) is 0. The summed E-state index contributed by atoms with van der Waals surface area (Å²) >= 11 is 0. The zero-order valence-corrected chi connectivity index (χ0v) is 18.1. The lowest BCUT2D eigenvalue weighted by Crippen LogP contribution is -2.33. The van der Waals surface area contributed by atoms with Gasteiger partial charge in [0.15, 0.2) is 0 Å². The maximum absolute atomic E-state index is 12.6. The molecule has 0 N–H and O–H groups in total. The topological polar surface area (TPSA) is 83.5 Å². The summed E-state index contributed by atoms with van der Waals surface area (Å²) in [5.41, 5.74) is 0. The molecule has 152 valence electrons. The molecule has 0 heterocycles. The van der Waals surface area contributed by atoms with Gasteiger partial charge in [-0.25, -0.2) is 0 Å². The number of rotatable bonds is 17. The van der Waals surface area contributed by atoms with Crippen molar-refractivity contribution >= 4 is 15.2 Å². The lowest BCUT2D eigenvalue weighted by molar-refractivity contribution is 0.149. The summed E-state index contributed by atoms with van der Waals surface area (Å²) in [6.45, 7) is 10.6. The SMILES string of the molecule is CCOP(=O)(CCN(CCOC)CCP(=O)(OCC)OCC)OCC. The molecule has 0 radical (unpaired) electrons. The van der Waals surface area contributed by atoms with Crippen molar-refractivity contribution in [1.29, 1.82) is 0 Å².